The molecule has 2 aromatic heterocycles. The summed E-state index contributed by atoms with van der Waals surface area (Å²) in [5.74, 6) is 1.14. The van der Waals surface area contributed by atoms with Crippen LogP contribution < -0.4 is 10.1 Å². The van der Waals surface area contributed by atoms with Crippen LogP contribution in [0.2, 0.25) is 5.02 Å². The van der Waals surface area contributed by atoms with Gasteiger partial charge in [0.2, 0.25) is 5.95 Å². The lowest BCUT2D eigenvalue weighted by Crippen LogP contribution is -1.98. The minimum atomic E-state index is 0.509. The zero-order valence-electron chi connectivity index (χ0n) is 12.9. The van der Waals surface area contributed by atoms with Gasteiger partial charge in [0, 0.05) is 11.9 Å². The normalized spacial score (nSPS) is 10.6. The summed E-state index contributed by atoms with van der Waals surface area (Å²) in [6, 6.07) is 7.32. The Labute approximate surface area is 143 Å². The second-order valence-electron chi connectivity index (χ2n) is 4.89. The Hall–Kier alpha value is -2.18. The van der Waals surface area contributed by atoms with Crippen LogP contribution in [-0.2, 0) is 0 Å². The number of methoxy groups -OCH3 is 1. The summed E-state index contributed by atoms with van der Waals surface area (Å²) >= 11 is 7.76. The maximum absolute atomic E-state index is 6.13. The van der Waals surface area contributed by atoms with Crippen LogP contribution in [0.3, 0.4) is 0 Å². The number of aryl methyl sites for hydroxylation is 2. The molecule has 0 bridgehead atoms. The molecule has 1 aromatic carbocycles. The number of aromatic nitrogens is 3. The number of nitrogens with one attached hydrogen (secondary N) is 1. The average Bonchev–Trinajstić information content (AvgIpc) is 2.86. The van der Waals surface area contributed by atoms with Gasteiger partial charge >= 0.3 is 0 Å². The maximum Gasteiger partial charge on any atom is 0.227 e. The van der Waals surface area contributed by atoms with Gasteiger partial charge in [-0.3, -0.25) is 0 Å². The Balaban J connectivity index is 1.88. The minimum absolute atomic E-state index is 0.509. The lowest BCUT2D eigenvalue weighted by atomic mass is 10.3. The van der Waals surface area contributed by atoms with Crippen molar-refractivity contribution in [2.24, 2.45) is 0 Å². The zero-order chi connectivity index (χ0) is 16.4. The van der Waals surface area contributed by atoms with Crippen LogP contribution in [0, 0.1) is 13.8 Å². The number of nitrogens with zero attached hydrogens (tertiary/aromatic N) is 3. The van der Waals surface area contributed by atoms with Crippen LogP contribution in [0.25, 0.3) is 10.6 Å². The summed E-state index contributed by atoms with van der Waals surface area (Å²) in [5, 5.41) is 4.71. The van der Waals surface area contributed by atoms with Crippen molar-refractivity contribution in [1.29, 1.82) is 0 Å². The van der Waals surface area contributed by atoms with Gasteiger partial charge in [0.25, 0.3) is 0 Å². The largest absolute Gasteiger partial charge is 0.495 e. The van der Waals surface area contributed by atoms with Crippen molar-refractivity contribution in [3.63, 3.8) is 0 Å². The van der Waals surface area contributed by atoms with Gasteiger partial charge < -0.3 is 10.1 Å². The molecule has 0 saturated carbocycles. The first-order valence-electron chi connectivity index (χ1n) is 6.95. The van der Waals surface area contributed by atoms with Crippen molar-refractivity contribution in [3.8, 4) is 16.3 Å². The SMILES string of the molecule is COc1ccc(Nc2nccc(-c3sc(C)nc3C)n2)cc1Cl. The highest BCUT2D eigenvalue weighted by atomic mass is 35.5. The van der Waals surface area contributed by atoms with Gasteiger partial charge in [-0.05, 0) is 38.1 Å². The first kappa shape index (κ1) is 15.7. The van der Waals surface area contributed by atoms with Gasteiger partial charge in [-0.1, -0.05) is 11.6 Å². The van der Waals surface area contributed by atoms with Crippen molar-refractivity contribution in [2.45, 2.75) is 13.8 Å². The predicted molar refractivity (Wildman–Crippen MR) is 93.9 cm³/mol. The molecule has 0 aliphatic rings. The van der Waals surface area contributed by atoms with Gasteiger partial charge in [0.15, 0.2) is 0 Å². The first-order chi connectivity index (χ1) is 11.1. The molecular formula is C16H15ClN4OS. The van der Waals surface area contributed by atoms with Crippen LogP contribution in [0.15, 0.2) is 30.5 Å². The molecule has 23 heavy (non-hydrogen) atoms. The second kappa shape index (κ2) is 6.52. The summed E-state index contributed by atoms with van der Waals surface area (Å²) in [6.07, 6.45) is 1.73. The zero-order valence-corrected chi connectivity index (χ0v) is 14.5. The van der Waals surface area contributed by atoms with Crippen molar-refractivity contribution < 1.29 is 4.74 Å². The summed E-state index contributed by atoms with van der Waals surface area (Å²) in [5.41, 5.74) is 2.63. The lowest BCUT2D eigenvalue weighted by molar-refractivity contribution is 0.415. The van der Waals surface area contributed by atoms with E-state index in [4.69, 9.17) is 16.3 Å². The highest BCUT2D eigenvalue weighted by Gasteiger charge is 2.10. The molecule has 1 N–H and O–H groups in total. The monoisotopic (exact) mass is 346 g/mol. The fourth-order valence-corrected chi connectivity index (χ4v) is 3.33. The molecule has 0 amide bonds. The Morgan fingerprint density at radius 1 is 1.17 bits per heavy atom. The van der Waals surface area contributed by atoms with Gasteiger partial charge in [-0.2, -0.15) is 0 Å². The van der Waals surface area contributed by atoms with Crippen molar-refractivity contribution in [2.75, 3.05) is 12.4 Å². The molecule has 0 atom stereocenters. The highest BCUT2D eigenvalue weighted by Crippen LogP contribution is 2.30. The van der Waals surface area contributed by atoms with Crippen molar-refractivity contribution in [1.82, 2.24) is 15.0 Å². The molecule has 118 valence electrons. The van der Waals surface area contributed by atoms with Gasteiger partial charge in [0.1, 0.15) is 5.75 Å². The summed E-state index contributed by atoms with van der Waals surface area (Å²) in [4.78, 5) is 14.3. The maximum atomic E-state index is 6.13. The number of hydrogen-bond acceptors (Lipinski definition) is 6. The van der Waals surface area contributed by atoms with Gasteiger partial charge in [-0.15, -0.1) is 11.3 Å². The van der Waals surface area contributed by atoms with Crippen LogP contribution in [0.5, 0.6) is 5.75 Å². The molecular weight excluding hydrogens is 332 g/mol. The fraction of sp³-hybridized carbons (Fsp3) is 0.188. The molecule has 0 unspecified atom stereocenters. The number of rotatable bonds is 4. The summed E-state index contributed by atoms with van der Waals surface area (Å²) < 4.78 is 5.15. The third-order valence-corrected chi connectivity index (χ3v) is 4.59. The van der Waals surface area contributed by atoms with E-state index in [-0.39, 0.29) is 0 Å². The Kier molecular flexibility index (Phi) is 4.45. The van der Waals surface area contributed by atoms with E-state index in [2.05, 4.69) is 20.3 Å². The number of benzene rings is 1. The Bertz CT molecular complexity index is 850. The molecule has 2 heterocycles. The number of hydrogen-bond donors (Lipinski definition) is 1. The van der Waals surface area contributed by atoms with Gasteiger partial charge in [-0.25, -0.2) is 15.0 Å². The van der Waals surface area contributed by atoms with E-state index >= 15 is 0 Å². The van der Waals surface area contributed by atoms with Crippen LogP contribution in [0.1, 0.15) is 10.7 Å². The third kappa shape index (κ3) is 3.43. The lowest BCUT2D eigenvalue weighted by Gasteiger charge is -2.08. The Morgan fingerprint density at radius 2 is 2.00 bits per heavy atom. The molecule has 0 radical (unpaired) electrons. The molecule has 5 nitrogen and oxygen atoms in total. The van der Waals surface area contributed by atoms with E-state index in [0.29, 0.717) is 16.7 Å². The van der Waals surface area contributed by atoms with E-state index in [1.54, 1.807) is 36.8 Å². The van der Waals surface area contributed by atoms with E-state index in [0.717, 1.165) is 27.0 Å². The molecule has 7 heteroatoms. The van der Waals surface area contributed by atoms with E-state index in [9.17, 15) is 0 Å². The fourth-order valence-electron chi connectivity index (χ4n) is 2.19. The molecule has 3 rings (SSSR count). The molecule has 0 saturated heterocycles. The predicted octanol–water partition coefficient (Wildman–Crippen LogP) is 4.62. The number of halogens is 1. The molecule has 0 aliphatic heterocycles. The molecule has 0 spiro atoms. The number of ether oxygens (including phenoxy) is 1. The summed E-state index contributed by atoms with van der Waals surface area (Å²) in [7, 11) is 1.58. The number of anilines is 2. The topological polar surface area (TPSA) is 59.9 Å². The second-order valence-corrected chi connectivity index (χ2v) is 6.50. The standard InChI is InChI=1S/C16H15ClN4OS/c1-9-15(23-10(2)19-9)13-6-7-18-16(21-13)20-11-4-5-14(22-3)12(17)8-11/h4-8H,1-3H3,(H,18,20,21). The quantitative estimate of drug-likeness (QED) is 0.746. The highest BCUT2D eigenvalue weighted by molar-refractivity contribution is 7.15. The van der Waals surface area contributed by atoms with Crippen LogP contribution >= 0.6 is 22.9 Å². The smallest absolute Gasteiger partial charge is 0.227 e. The van der Waals surface area contributed by atoms with Crippen LogP contribution in [0.4, 0.5) is 11.6 Å². The van der Waals surface area contributed by atoms with Crippen LogP contribution in [-0.4, -0.2) is 22.1 Å². The molecule has 0 aliphatic carbocycles. The minimum Gasteiger partial charge on any atom is -0.495 e. The Morgan fingerprint density at radius 3 is 2.65 bits per heavy atom. The average molecular weight is 347 g/mol. The third-order valence-electron chi connectivity index (χ3n) is 3.20. The number of thiazole rings is 1. The van der Waals surface area contributed by atoms with Gasteiger partial charge in [0.05, 0.1) is 33.4 Å². The van der Waals surface area contributed by atoms with E-state index < -0.39 is 0 Å². The molecule has 0 fully saturated rings. The summed E-state index contributed by atoms with van der Waals surface area (Å²) in [6.45, 7) is 3.97. The van der Waals surface area contributed by atoms with E-state index in [1.807, 2.05) is 26.0 Å². The molecule has 3 aromatic rings. The van der Waals surface area contributed by atoms with Crippen molar-refractivity contribution in [3.05, 3.63) is 46.2 Å². The first-order valence-corrected chi connectivity index (χ1v) is 8.14. The van der Waals surface area contributed by atoms with E-state index in [1.165, 1.54) is 0 Å². The van der Waals surface area contributed by atoms with Crippen molar-refractivity contribution >= 4 is 34.6 Å².